The molecule has 0 aromatic carbocycles. The largest absolute Gasteiger partial charge is 0.364 e. The third-order valence-corrected chi connectivity index (χ3v) is 8.44. The van der Waals surface area contributed by atoms with Gasteiger partial charge < -0.3 is 9.80 Å². The molecular weight excluding hydrogens is 338 g/mol. The van der Waals surface area contributed by atoms with Crippen LogP contribution in [0.1, 0.15) is 38.5 Å². The van der Waals surface area contributed by atoms with Crippen LogP contribution in [-0.2, 0) is 4.79 Å². The van der Waals surface area contributed by atoms with E-state index in [9.17, 15) is 4.79 Å². The third kappa shape index (κ3) is 2.99. The minimum absolute atomic E-state index is 0.365. The van der Waals surface area contributed by atoms with Gasteiger partial charge in [0.1, 0.15) is 4.32 Å². The van der Waals surface area contributed by atoms with E-state index in [1.165, 1.54) is 38.8 Å². The van der Waals surface area contributed by atoms with E-state index in [4.69, 9.17) is 12.2 Å². The highest BCUT2D eigenvalue weighted by molar-refractivity contribution is 8.23. The zero-order valence-electron chi connectivity index (χ0n) is 14.8. The van der Waals surface area contributed by atoms with Gasteiger partial charge in [-0.3, -0.25) is 9.69 Å². The van der Waals surface area contributed by atoms with E-state index in [1.807, 2.05) is 19.0 Å². The number of hydrogen-bond donors (Lipinski definition) is 0. The Labute approximate surface area is 155 Å². The zero-order chi connectivity index (χ0) is 16.8. The van der Waals surface area contributed by atoms with Gasteiger partial charge in [-0.1, -0.05) is 24.0 Å². The summed E-state index contributed by atoms with van der Waals surface area (Å²) in [5.41, 5.74) is 0. The monoisotopic (exact) mass is 367 g/mol. The van der Waals surface area contributed by atoms with Crippen LogP contribution in [0.15, 0.2) is 0 Å². The molecule has 4 aliphatic heterocycles. The molecule has 0 bridgehead atoms. The minimum atomic E-state index is 0.365. The summed E-state index contributed by atoms with van der Waals surface area (Å²) in [7, 11) is 4.00. The first-order valence-corrected chi connectivity index (χ1v) is 10.7. The Hall–Kier alpha value is -0.330. The van der Waals surface area contributed by atoms with Gasteiger partial charge in [0, 0.05) is 44.4 Å². The molecule has 4 rings (SSSR count). The van der Waals surface area contributed by atoms with Crippen LogP contribution in [0.3, 0.4) is 0 Å². The lowest BCUT2D eigenvalue weighted by Crippen LogP contribution is -2.67. The Morgan fingerprint density at radius 2 is 2.00 bits per heavy atom. The molecule has 0 aliphatic carbocycles. The lowest BCUT2D eigenvalue weighted by Gasteiger charge is -2.59. The first-order valence-electron chi connectivity index (χ1n) is 9.46. The Balaban J connectivity index is 1.53. The lowest BCUT2D eigenvalue weighted by atomic mass is 9.68. The van der Waals surface area contributed by atoms with Crippen molar-refractivity contribution in [1.82, 2.24) is 14.7 Å². The molecule has 4 aliphatic rings. The van der Waals surface area contributed by atoms with Crippen LogP contribution in [0.5, 0.6) is 0 Å². The summed E-state index contributed by atoms with van der Waals surface area (Å²) in [4.78, 5) is 19.9. The summed E-state index contributed by atoms with van der Waals surface area (Å²) in [5.74, 6) is 1.79. The Bertz CT molecular complexity index is 524. The molecule has 4 nitrogen and oxygen atoms in total. The normalized spacial score (nSPS) is 39.2. The summed E-state index contributed by atoms with van der Waals surface area (Å²) >= 11 is 7.23. The number of fused-ring (bicyclic) bond motifs is 2. The second-order valence-electron chi connectivity index (χ2n) is 8.19. The van der Waals surface area contributed by atoms with Gasteiger partial charge in [-0.05, 0) is 57.0 Å². The minimum Gasteiger partial charge on any atom is -0.364 e. The van der Waals surface area contributed by atoms with Crippen molar-refractivity contribution in [1.29, 1.82) is 0 Å². The number of hydrogen-bond acceptors (Lipinski definition) is 4. The molecule has 4 heterocycles. The maximum absolute atomic E-state index is 12.9. The second kappa shape index (κ2) is 6.76. The molecule has 0 saturated carbocycles. The molecule has 4 fully saturated rings. The van der Waals surface area contributed by atoms with Crippen LogP contribution < -0.4 is 0 Å². The average Bonchev–Trinajstić information content (AvgIpc) is 2.56. The topological polar surface area (TPSA) is 26.8 Å². The highest BCUT2D eigenvalue weighted by Crippen LogP contribution is 2.46. The number of thiocarbonyl (C=S) groups is 1. The van der Waals surface area contributed by atoms with Crippen molar-refractivity contribution in [2.75, 3.05) is 33.7 Å². The number of piperidine rings is 4. The van der Waals surface area contributed by atoms with Crippen LogP contribution in [0.25, 0.3) is 0 Å². The molecule has 6 heteroatoms. The fourth-order valence-corrected chi connectivity index (χ4v) is 7.01. The SMILES string of the molecule is CN(C)C(=S)S[C@@H]1CC(=O)N2C[C@@H]3CCCN4CCC[C@@H]([C@H]34)[C@H]2C1. The van der Waals surface area contributed by atoms with Crippen LogP contribution in [0.2, 0.25) is 0 Å². The first-order chi connectivity index (χ1) is 11.5. The smallest absolute Gasteiger partial charge is 0.223 e. The standard InChI is InChI=1S/C18H29N3OS2/c1-19(2)18(23)24-13-9-15-14-6-4-8-20-7-3-5-12(17(14)20)11-21(15)16(22)10-13/h12-15,17H,3-11H2,1-2H3/t12-,13-,14+,15+,17-/m0/s1. The van der Waals surface area contributed by atoms with Crippen molar-refractivity contribution in [2.45, 2.75) is 55.9 Å². The Morgan fingerprint density at radius 3 is 2.75 bits per heavy atom. The summed E-state index contributed by atoms with van der Waals surface area (Å²) < 4.78 is 0.915. The van der Waals surface area contributed by atoms with Crippen molar-refractivity contribution < 1.29 is 4.79 Å². The molecule has 0 spiro atoms. The Morgan fingerprint density at radius 1 is 1.25 bits per heavy atom. The molecule has 0 aromatic heterocycles. The van der Waals surface area contributed by atoms with E-state index in [-0.39, 0.29) is 0 Å². The van der Waals surface area contributed by atoms with Gasteiger partial charge in [0.2, 0.25) is 5.91 Å². The molecule has 0 N–H and O–H groups in total. The fraction of sp³-hybridized carbons (Fsp3) is 0.889. The highest BCUT2D eigenvalue weighted by atomic mass is 32.2. The summed E-state index contributed by atoms with van der Waals surface area (Å²) in [6, 6.07) is 1.20. The van der Waals surface area contributed by atoms with E-state index in [2.05, 4.69) is 9.80 Å². The molecular formula is C18H29N3OS2. The molecule has 0 aromatic rings. The van der Waals surface area contributed by atoms with E-state index in [0.717, 1.165) is 29.2 Å². The molecule has 5 atom stereocenters. The van der Waals surface area contributed by atoms with Crippen molar-refractivity contribution >= 4 is 34.2 Å². The summed E-state index contributed by atoms with van der Waals surface area (Å²) in [6.45, 7) is 3.57. The lowest BCUT2D eigenvalue weighted by molar-refractivity contribution is -0.150. The van der Waals surface area contributed by atoms with Gasteiger partial charge in [-0.15, -0.1) is 0 Å². The van der Waals surface area contributed by atoms with Gasteiger partial charge in [0.05, 0.1) is 0 Å². The molecule has 0 unspecified atom stereocenters. The van der Waals surface area contributed by atoms with Gasteiger partial charge in [0.15, 0.2) is 0 Å². The predicted molar refractivity (Wildman–Crippen MR) is 103 cm³/mol. The third-order valence-electron chi connectivity index (χ3n) is 6.53. The quantitative estimate of drug-likeness (QED) is 0.664. The average molecular weight is 368 g/mol. The summed E-state index contributed by atoms with van der Waals surface area (Å²) in [6.07, 6.45) is 7.05. The van der Waals surface area contributed by atoms with Crippen LogP contribution >= 0.6 is 24.0 Å². The maximum atomic E-state index is 12.9. The van der Waals surface area contributed by atoms with Crippen molar-refractivity contribution in [3.8, 4) is 0 Å². The predicted octanol–water partition coefficient (Wildman–Crippen LogP) is 2.43. The number of thioether (sulfide) groups is 1. The number of carbonyl (C=O) groups excluding carboxylic acids is 1. The molecule has 0 radical (unpaired) electrons. The first kappa shape index (κ1) is 17.1. The Kier molecular flexibility index (Phi) is 4.82. The fourth-order valence-electron chi connectivity index (χ4n) is 5.59. The van der Waals surface area contributed by atoms with Crippen LogP contribution in [0, 0.1) is 11.8 Å². The van der Waals surface area contributed by atoms with E-state index in [1.54, 1.807) is 11.8 Å². The maximum Gasteiger partial charge on any atom is 0.223 e. The van der Waals surface area contributed by atoms with E-state index in [0.29, 0.717) is 29.5 Å². The van der Waals surface area contributed by atoms with Crippen LogP contribution in [-0.4, -0.2) is 76.0 Å². The van der Waals surface area contributed by atoms with Crippen molar-refractivity contribution in [3.63, 3.8) is 0 Å². The molecule has 24 heavy (non-hydrogen) atoms. The van der Waals surface area contributed by atoms with E-state index >= 15 is 0 Å². The second-order valence-corrected chi connectivity index (χ2v) is 10.1. The number of amides is 1. The van der Waals surface area contributed by atoms with Gasteiger partial charge in [-0.2, -0.15) is 0 Å². The summed E-state index contributed by atoms with van der Waals surface area (Å²) in [5, 5.41) is 0.365. The number of rotatable bonds is 1. The molecule has 1 amide bonds. The van der Waals surface area contributed by atoms with Gasteiger partial charge in [-0.25, -0.2) is 0 Å². The van der Waals surface area contributed by atoms with E-state index < -0.39 is 0 Å². The molecule has 134 valence electrons. The highest BCUT2D eigenvalue weighted by Gasteiger charge is 2.51. The number of carbonyl (C=O) groups is 1. The van der Waals surface area contributed by atoms with Gasteiger partial charge >= 0.3 is 0 Å². The van der Waals surface area contributed by atoms with Crippen molar-refractivity contribution in [2.24, 2.45) is 11.8 Å². The van der Waals surface area contributed by atoms with Crippen molar-refractivity contribution in [3.05, 3.63) is 0 Å². The number of nitrogens with zero attached hydrogens (tertiary/aromatic N) is 3. The van der Waals surface area contributed by atoms with Gasteiger partial charge in [0.25, 0.3) is 0 Å². The molecule has 4 saturated heterocycles. The van der Waals surface area contributed by atoms with Crippen LogP contribution in [0.4, 0.5) is 0 Å². The zero-order valence-corrected chi connectivity index (χ0v) is 16.5.